The lowest BCUT2D eigenvalue weighted by molar-refractivity contribution is 0.0808. The summed E-state index contributed by atoms with van der Waals surface area (Å²) < 4.78 is 0. The molecule has 1 aromatic rings. The molecule has 0 heterocycles. The highest BCUT2D eigenvalue weighted by Gasteiger charge is 2.42. The van der Waals surface area contributed by atoms with Gasteiger partial charge < -0.3 is 10.2 Å². The highest BCUT2D eigenvalue weighted by Crippen LogP contribution is 2.45. The Morgan fingerprint density at radius 1 is 1.33 bits per heavy atom. The predicted octanol–water partition coefficient (Wildman–Crippen LogP) is 1.98. The molecular formula is C13H18O2. The average Bonchev–Trinajstić information content (AvgIpc) is 2.82. The van der Waals surface area contributed by atoms with Gasteiger partial charge in [-0.3, -0.25) is 0 Å². The van der Waals surface area contributed by atoms with Gasteiger partial charge in [0.1, 0.15) is 0 Å². The molecule has 1 aliphatic rings. The Kier molecular flexibility index (Phi) is 2.36. The molecule has 0 spiro atoms. The van der Waals surface area contributed by atoms with Gasteiger partial charge in [-0.05, 0) is 37.8 Å². The van der Waals surface area contributed by atoms with Crippen LogP contribution in [-0.2, 0) is 12.0 Å². The van der Waals surface area contributed by atoms with Gasteiger partial charge in [0.2, 0.25) is 0 Å². The fourth-order valence-corrected chi connectivity index (χ4v) is 1.88. The molecule has 2 heteroatoms. The van der Waals surface area contributed by atoms with Gasteiger partial charge in [-0.15, -0.1) is 0 Å². The standard InChI is InChI=1S/C13H18O2/c1-12(2,14)9-10-4-3-5-11(8-10)13(15)6-7-13/h3-5,8,14-15H,6-7,9H2,1-2H3. The molecule has 2 rings (SSSR count). The van der Waals surface area contributed by atoms with Crippen LogP contribution in [0.3, 0.4) is 0 Å². The van der Waals surface area contributed by atoms with E-state index < -0.39 is 11.2 Å². The van der Waals surface area contributed by atoms with Gasteiger partial charge >= 0.3 is 0 Å². The maximum atomic E-state index is 9.96. The van der Waals surface area contributed by atoms with E-state index in [1.165, 1.54) is 0 Å². The van der Waals surface area contributed by atoms with Crippen LogP contribution in [0.5, 0.6) is 0 Å². The number of hydrogen-bond donors (Lipinski definition) is 2. The average molecular weight is 206 g/mol. The van der Waals surface area contributed by atoms with Crippen molar-refractivity contribution in [1.82, 2.24) is 0 Å². The zero-order chi connectivity index (χ0) is 11.1. The molecule has 1 aromatic carbocycles. The molecule has 2 N–H and O–H groups in total. The first-order valence-electron chi connectivity index (χ1n) is 5.43. The molecule has 2 nitrogen and oxygen atoms in total. The predicted molar refractivity (Wildman–Crippen MR) is 59.6 cm³/mol. The minimum Gasteiger partial charge on any atom is -0.390 e. The third kappa shape index (κ3) is 2.58. The van der Waals surface area contributed by atoms with E-state index in [0.29, 0.717) is 6.42 Å². The molecule has 1 saturated carbocycles. The lowest BCUT2D eigenvalue weighted by Gasteiger charge is -2.18. The summed E-state index contributed by atoms with van der Waals surface area (Å²) in [4.78, 5) is 0. The fraction of sp³-hybridized carbons (Fsp3) is 0.538. The monoisotopic (exact) mass is 206 g/mol. The van der Waals surface area contributed by atoms with E-state index in [0.717, 1.165) is 24.0 Å². The highest BCUT2D eigenvalue weighted by molar-refractivity contribution is 5.32. The topological polar surface area (TPSA) is 40.5 Å². The van der Waals surface area contributed by atoms with Gasteiger partial charge in [0.05, 0.1) is 11.2 Å². The van der Waals surface area contributed by atoms with E-state index >= 15 is 0 Å². The second-order valence-corrected chi connectivity index (χ2v) is 5.22. The fourth-order valence-electron chi connectivity index (χ4n) is 1.88. The second kappa shape index (κ2) is 3.32. The SMILES string of the molecule is CC(C)(O)Cc1cccc(C2(O)CC2)c1. The molecule has 0 atom stereocenters. The second-order valence-electron chi connectivity index (χ2n) is 5.22. The molecule has 0 unspecified atom stereocenters. The lowest BCUT2D eigenvalue weighted by atomic mass is 9.96. The van der Waals surface area contributed by atoms with E-state index in [-0.39, 0.29) is 0 Å². The Hall–Kier alpha value is -0.860. The zero-order valence-electron chi connectivity index (χ0n) is 9.33. The van der Waals surface area contributed by atoms with Crippen LogP contribution in [0.2, 0.25) is 0 Å². The number of hydrogen-bond acceptors (Lipinski definition) is 2. The van der Waals surface area contributed by atoms with Crippen LogP contribution in [-0.4, -0.2) is 15.8 Å². The smallest absolute Gasteiger partial charge is 0.0899 e. The molecule has 1 aliphatic carbocycles. The molecular weight excluding hydrogens is 188 g/mol. The third-order valence-electron chi connectivity index (χ3n) is 2.82. The van der Waals surface area contributed by atoms with Crippen molar-refractivity contribution >= 4 is 0 Å². The van der Waals surface area contributed by atoms with Crippen LogP contribution in [0.15, 0.2) is 24.3 Å². The van der Waals surface area contributed by atoms with Gasteiger partial charge in [0.25, 0.3) is 0 Å². The van der Waals surface area contributed by atoms with Crippen LogP contribution < -0.4 is 0 Å². The largest absolute Gasteiger partial charge is 0.390 e. The minimum absolute atomic E-state index is 0.574. The summed E-state index contributed by atoms with van der Waals surface area (Å²) in [5, 5.41) is 19.7. The Bertz CT molecular complexity index is 359. The molecule has 0 bridgehead atoms. The summed E-state index contributed by atoms with van der Waals surface area (Å²) in [7, 11) is 0. The van der Waals surface area contributed by atoms with E-state index in [4.69, 9.17) is 0 Å². The van der Waals surface area contributed by atoms with Crippen molar-refractivity contribution in [2.24, 2.45) is 0 Å². The van der Waals surface area contributed by atoms with Crippen LogP contribution in [0, 0.1) is 0 Å². The maximum Gasteiger partial charge on any atom is 0.0899 e. The first-order chi connectivity index (χ1) is 6.89. The highest BCUT2D eigenvalue weighted by atomic mass is 16.3. The molecule has 0 aromatic heterocycles. The Morgan fingerprint density at radius 3 is 2.53 bits per heavy atom. The molecule has 0 aliphatic heterocycles. The number of aliphatic hydroxyl groups is 2. The molecule has 1 fully saturated rings. The van der Waals surface area contributed by atoms with Crippen LogP contribution in [0.25, 0.3) is 0 Å². The van der Waals surface area contributed by atoms with Crippen molar-refractivity contribution in [3.63, 3.8) is 0 Å². The molecule has 15 heavy (non-hydrogen) atoms. The van der Waals surface area contributed by atoms with E-state index in [2.05, 4.69) is 0 Å². The summed E-state index contributed by atoms with van der Waals surface area (Å²) in [6.45, 7) is 3.59. The summed E-state index contributed by atoms with van der Waals surface area (Å²) >= 11 is 0. The van der Waals surface area contributed by atoms with Gasteiger partial charge in [-0.25, -0.2) is 0 Å². The molecule has 0 saturated heterocycles. The van der Waals surface area contributed by atoms with E-state index in [1.54, 1.807) is 13.8 Å². The number of rotatable bonds is 3. The van der Waals surface area contributed by atoms with Crippen LogP contribution in [0.4, 0.5) is 0 Å². The molecule has 0 radical (unpaired) electrons. The normalized spacial score (nSPS) is 18.9. The van der Waals surface area contributed by atoms with Crippen LogP contribution in [0.1, 0.15) is 37.8 Å². The Morgan fingerprint density at radius 2 is 2.00 bits per heavy atom. The summed E-state index contributed by atoms with van der Waals surface area (Å²) in [6, 6.07) is 7.91. The Labute approximate surface area is 90.6 Å². The van der Waals surface area contributed by atoms with Gasteiger partial charge in [-0.1, -0.05) is 24.3 Å². The first-order valence-corrected chi connectivity index (χ1v) is 5.43. The zero-order valence-corrected chi connectivity index (χ0v) is 9.33. The molecule has 82 valence electrons. The van der Waals surface area contributed by atoms with E-state index in [9.17, 15) is 10.2 Å². The van der Waals surface area contributed by atoms with Crippen molar-refractivity contribution in [3.05, 3.63) is 35.4 Å². The van der Waals surface area contributed by atoms with Gasteiger partial charge in [0, 0.05) is 6.42 Å². The quantitative estimate of drug-likeness (QED) is 0.794. The van der Waals surface area contributed by atoms with Crippen molar-refractivity contribution < 1.29 is 10.2 Å². The Balaban J connectivity index is 2.20. The van der Waals surface area contributed by atoms with E-state index in [1.807, 2.05) is 24.3 Å². The maximum absolute atomic E-state index is 9.96. The third-order valence-corrected chi connectivity index (χ3v) is 2.82. The first kappa shape index (κ1) is 10.7. The van der Waals surface area contributed by atoms with Crippen molar-refractivity contribution in [3.8, 4) is 0 Å². The minimum atomic E-state index is -0.690. The molecule has 0 amide bonds. The summed E-state index contributed by atoms with van der Waals surface area (Å²) in [5.41, 5.74) is 0.810. The van der Waals surface area contributed by atoms with Gasteiger partial charge in [0.15, 0.2) is 0 Å². The van der Waals surface area contributed by atoms with Gasteiger partial charge in [-0.2, -0.15) is 0 Å². The van der Waals surface area contributed by atoms with Crippen molar-refractivity contribution in [1.29, 1.82) is 0 Å². The van der Waals surface area contributed by atoms with Crippen LogP contribution >= 0.6 is 0 Å². The van der Waals surface area contributed by atoms with Crippen molar-refractivity contribution in [2.75, 3.05) is 0 Å². The summed E-state index contributed by atoms with van der Waals surface area (Å²) in [5.74, 6) is 0. The summed E-state index contributed by atoms with van der Waals surface area (Å²) in [6.07, 6.45) is 2.34. The lowest BCUT2D eigenvalue weighted by Crippen LogP contribution is -2.22. The number of benzene rings is 1. The van der Waals surface area contributed by atoms with Crippen molar-refractivity contribution in [2.45, 2.75) is 44.3 Å².